The Bertz CT molecular complexity index is 985. The summed E-state index contributed by atoms with van der Waals surface area (Å²) in [6, 6.07) is 11.1. The first-order valence-electron chi connectivity index (χ1n) is 15.9. The molecule has 41 heavy (non-hydrogen) atoms. The Morgan fingerprint density at radius 3 is 2.10 bits per heavy atom. The van der Waals surface area contributed by atoms with E-state index in [1.807, 2.05) is 20.8 Å². The first-order valence-corrected chi connectivity index (χ1v) is 15.9. The van der Waals surface area contributed by atoms with Crippen LogP contribution in [0, 0.1) is 5.92 Å². The molecule has 2 aliphatic heterocycles. The molecule has 2 N–H and O–H groups in total. The van der Waals surface area contributed by atoms with Crippen molar-refractivity contribution in [3.05, 3.63) is 35.9 Å². The van der Waals surface area contributed by atoms with Gasteiger partial charge in [-0.1, -0.05) is 56.5 Å². The maximum atomic E-state index is 14.1. The number of nitrogens with zero attached hydrogens (tertiary/aromatic N) is 1. The quantitative estimate of drug-likeness (QED) is 0.228. The molecule has 0 radical (unpaired) electrons. The molecule has 1 aromatic carbocycles. The highest BCUT2D eigenvalue weighted by atomic mass is 16.7. The zero-order chi connectivity index (χ0) is 30.5. The van der Waals surface area contributed by atoms with Gasteiger partial charge in [-0.25, -0.2) is 0 Å². The second-order valence-corrected chi connectivity index (χ2v) is 14.3. The number of carbonyl (C=O) groups is 2. The molecule has 7 nitrogen and oxygen atoms in total. The Morgan fingerprint density at radius 2 is 1.59 bits per heavy atom. The van der Waals surface area contributed by atoms with Gasteiger partial charge in [-0.05, 0) is 105 Å². The van der Waals surface area contributed by atoms with Crippen molar-refractivity contribution in [2.45, 2.75) is 142 Å². The molecule has 8 heteroatoms. The summed E-state index contributed by atoms with van der Waals surface area (Å²) in [6.07, 6.45) is 6.95. The second-order valence-electron chi connectivity index (χ2n) is 14.3. The third-order valence-electron chi connectivity index (χ3n) is 9.27. The lowest BCUT2D eigenvalue weighted by Gasteiger charge is -2.46. The van der Waals surface area contributed by atoms with Crippen LogP contribution < -0.4 is 10.6 Å². The molecule has 2 saturated heterocycles. The third-order valence-corrected chi connectivity index (χ3v) is 9.27. The van der Waals surface area contributed by atoms with Crippen molar-refractivity contribution >= 4 is 18.9 Å². The monoisotopic (exact) mass is 569 g/mol. The molecule has 0 spiro atoms. The maximum Gasteiger partial charge on any atom is 0.457 e. The fraction of sp³-hybridized carbons (Fsp3) is 0.758. The van der Waals surface area contributed by atoms with Crippen molar-refractivity contribution in [2.24, 2.45) is 5.92 Å². The number of benzene rings is 1. The average molecular weight is 570 g/mol. The van der Waals surface area contributed by atoms with E-state index in [1.165, 1.54) is 12.5 Å². The molecule has 2 fully saturated rings. The van der Waals surface area contributed by atoms with Gasteiger partial charge in [-0.15, -0.1) is 0 Å². The first kappa shape index (κ1) is 33.6. The number of amides is 2. The molecule has 0 aliphatic carbocycles. The third kappa shape index (κ3) is 8.58. The van der Waals surface area contributed by atoms with Crippen LogP contribution in [0.3, 0.4) is 0 Å². The predicted octanol–water partition coefficient (Wildman–Crippen LogP) is 6.29. The van der Waals surface area contributed by atoms with Gasteiger partial charge in [0, 0.05) is 18.5 Å². The van der Waals surface area contributed by atoms with E-state index in [0.29, 0.717) is 12.5 Å². The fourth-order valence-electron chi connectivity index (χ4n) is 6.50. The Balaban J connectivity index is 1.76. The number of hydrogen-bond acceptors (Lipinski definition) is 5. The van der Waals surface area contributed by atoms with Crippen LogP contribution in [0.1, 0.15) is 119 Å². The van der Waals surface area contributed by atoms with E-state index in [2.05, 4.69) is 80.5 Å². The molecule has 2 amide bonds. The van der Waals surface area contributed by atoms with Crippen molar-refractivity contribution in [1.29, 1.82) is 0 Å². The van der Waals surface area contributed by atoms with Crippen molar-refractivity contribution in [3.63, 3.8) is 0 Å². The molecule has 2 unspecified atom stereocenters. The summed E-state index contributed by atoms with van der Waals surface area (Å²) in [5.41, 5.74) is -0.701. The van der Waals surface area contributed by atoms with Gasteiger partial charge in [-0.2, -0.15) is 0 Å². The minimum atomic E-state index is -0.950. The number of likely N-dealkylation sites (tertiary alicyclic amines) is 1. The molecule has 3 rings (SSSR count). The van der Waals surface area contributed by atoms with Crippen LogP contribution in [-0.4, -0.2) is 59.2 Å². The lowest BCUT2D eigenvalue weighted by Crippen LogP contribution is -2.66. The molecule has 2 heterocycles. The normalized spacial score (nSPS) is 21.7. The maximum absolute atomic E-state index is 14.1. The van der Waals surface area contributed by atoms with E-state index in [1.54, 1.807) is 0 Å². The van der Waals surface area contributed by atoms with Crippen LogP contribution in [0.25, 0.3) is 0 Å². The minimum Gasteiger partial charge on any atom is -0.403 e. The number of carbonyl (C=O) groups excluding carboxylic acids is 2. The van der Waals surface area contributed by atoms with Gasteiger partial charge in [0.25, 0.3) is 0 Å². The SMILES string of the molecule is CCCC(c1ccccc1)N1CCC(C(CCCCB2OC(C)(C)C(C)(C)O2)(NC(C)=O)C(=O)NC(C)(C)C)CC1. The predicted molar refractivity (Wildman–Crippen MR) is 168 cm³/mol. The standard InChI is InChI=1S/C33H56BN3O4/c1-10-16-28(26-17-12-11-13-18-26)37-23-19-27(20-24-37)33(35-25(2)38,29(39)36-30(3,4)5)21-14-15-22-34-40-31(6,7)32(8,9)41-34/h11-13,17-18,27-28H,10,14-16,19-24H2,1-9H3,(H,35,38)(H,36,39). The summed E-state index contributed by atoms with van der Waals surface area (Å²) in [6.45, 7) is 19.9. The molecule has 2 atom stereocenters. The van der Waals surface area contributed by atoms with E-state index in [4.69, 9.17) is 9.31 Å². The van der Waals surface area contributed by atoms with E-state index in [-0.39, 0.29) is 36.1 Å². The number of piperidine rings is 1. The number of unbranched alkanes of at least 4 members (excludes halogenated alkanes) is 1. The van der Waals surface area contributed by atoms with Gasteiger partial charge in [-0.3, -0.25) is 14.5 Å². The highest BCUT2D eigenvalue weighted by molar-refractivity contribution is 6.45. The molecule has 1 aromatic rings. The van der Waals surface area contributed by atoms with Gasteiger partial charge in [0.15, 0.2) is 0 Å². The molecule has 230 valence electrons. The lowest BCUT2D eigenvalue weighted by atomic mass is 9.72. The smallest absolute Gasteiger partial charge is 0.403 e. The van der Waals surface area contributed by atoms with Crippen molar-refractivity contribution in [2.75, 3.05) is 13.1 Å². The summed E-state index contributed by atoms with van der Waals surface area (Å²) >= 11 is 0. The molecule has 0 aromatic heterocycles. The largest absolute Gasteiger partial charge is 0.457 e. The molecule has 2 aliphatic rings. The second kappa shape index (κ2) is 13.6. The van der Waals surface area contributed by atoms with Gasteiger partial charge in [0.1, 0.15) is 5.54 Å². The van der Waals surface area contributed by atoms with Crippen LogP contribution in [0.2, 0.25) is 6.32 Å². The average Bonchev–Trinajstić information content (AvgIpc) is 3.09. The molecule has 0 bridgehead atoms. The number of nitrogens with one attached hydrogen (secondary N) is 2. The Morgan fingerprint density at radius 1 is 1.00 bits per heavy atom. The van der Waals surface area contributed by atoms with Crippen LogP contribution in [0.5, 0.6) is 0 Å². The summed E-state index contributed by atoms with van der Waals surface area (Å²) in [5, 5.41) is 6.44. The van der Waals surface area contributed by atoms with Gasteiger partial charge in [0.05, 0.1) is 11.2 Å². The zero-order valence-corrected chi connectivity index (χ0v) is 27.3. The van der Waals surface area contributed by atoms with Crippen molar-refractivity contribution in [3.8, 4) is 0 Å². The molecular weight excluding hydrogens is 513 g/mol. The van der Waals surface area contributed by atoms with Crippen LogP contribution in [0.15, 0.2) is 30.3 Å². The van der Waals surface area contributed by atoms with Gasteiger partial charge >= 0.3 is 7.12 Å². The van der Waals surface area contributed by atoms with Crippen LogP contribution in [0.4, 0.5) is 0 Å². The lowest BCUT2D eigenvalue weighted by molar-refractivity contribution is -0.138. The summed E-state index contributed by atoms with van der Waals surface area (Å²) in [4.78, 5) is 29.3. The fourth-order valence-corrected chi connectivity index (χ4v) is 6.50. The summed E-state index contributed by atoms with van der Waals surface area (Å²) in [7, 11) is -0.254. The Labute approximate surface area is 250 Å². The minimum absolute atomic E-state index is 0.0555. The number of rotatable bonds is 12. The van der Waals surface area contributed by atoms with Crippen LogP contribution >= 0.6 is 0 Å². The summed E-state index contributed by atoms with van der Waals surface area (Å²) < 4.78 is 12.4. The number of hydrogen-bond donors (Lipinski definition) is 2. The van der Waals surface area contributed by atoms with Crippen molar-refractivity contribution in [1.82, 2.24) is 15.5 Å². The van der Waals surface area contributed by atoms with Gasteiger partial charge < -0.3 is 19.9 Å². The topological polar surface area (TPSA) is 79.9 Å². The van der Waals surface area contributed by atoms with E-state index < -0.39 is 11.1 Å². The zero-order valence-electron chi connectivity index (χ0n) is 27.3. The molecule has 0 saturated carbocycles. The molecular formula is C33H56BN3O4. The van der Waals surface area contributed by atoms with Gasteiger partial charge in [0.2, 0.25) is 11.8 Å². The van der Waals surface area contributed by atoms with E-state index in [9.17, 15) is 9.59 Å². The van der Waals surface area contributed by atoms with E-state index >= 15 is 0 Å². The Kier molecular flexibility index (Phi) is 11.1. The van der Waals surface area contributed by atoms with E-state index in [0.717, 1.165) is 57.9 Å². The van der Waals surface area contributed by atoms with Crippen LogP contribution in [-0.2, 0) is 18.9 Å². The highest BCUT2D eigenvalue weighted by Gasteiger charge is 2.51. The Hall–Kier alpha value is -1.90. The van der Waals surface area contributed by atoms with Crippen molar-refractivity contribution < 1.29 is 18.9 Å². The first-order chi connectivity index (χ1) is 19.1. The summed E-state index contributed by atoms with van der Waals surface area (Å²) in [5.74, 6) is -0.169. The highest BCUT2D eigenvalue weighted by Crippen LogP contribution is 2.40.